The monoisotopic (exact) mass is 289 g/mol. The molecule has 1 aromatic heterocycles. The number of carboxylic acid groups (broad SMARTS) is 1. The zero-order valence-electron chi connectivity index (χ0n) is 12.2. The molecule has 0 aliphatic carbocycles. The van der Waals surface area contributed by atoms with E-state index < -0.39 is 5.97 Å². The third-order valence-corrected chi connectivity index (χ3v) is 3.57. The summed E-state index contributed by atoms with van der Waals surface area (Å²) in [6.45, 7) is 1.99. The Bertz CT molecular complexity index is 826. The van der Waals surface area contributed by atoms with Crippen molar-refractivity contribution in [2.75, 3.05) is 0 Å². The smallest absolute Gasteiger partial charge is 0.354 e. The Hall–Kier alpha value is -2.94. The SMILES string of the molecule is Cc1ccccc1-c1cc(-c2ccccc2)cc(C(=O)O)n1. The minimum Gasteiger partial charge on any atom is -0.477 e. The van der Waals surface area contributed by atoms with E-state index in [-0.39, 0.29) is 5.69 Å². The normalized spacial score (nSPS) is 10.4. The summed E-state index contributed by atoms with van der Waals surface area (Å²) in [7, 11) is 0. The Morgan fingerprint density at radius 1 is 0.909 bits per heavy atom. The molecule has 22 heavy (non-hydrogen) atoms. The molecule has 0 radical (unpaired) electrons. The topological polar surface area (TPSA) is 50.2 Å². The first-order chi connectivity index (χ1) is 10.6. The number of rotatable bonds is 3. The number of aromatic nitrogens is 1. The highest BCUT2D eigenvalue weighted by atomic mass is 16.4. The van der Waals surface area contributed by atoms with Crippen LogP contribution in [-0.4, -0.2) is 16.1 Å². The van der Waals surface area contributed by atoms with E-state index in [2.05, 4.69) is 4.98 Å². The average Bonchev–Trinajstić information content (AvgIpc) is 2.55. The summed E-state index contributed by atoms with van der Waals surface area (Å²) < 4.78 is 0. The Kier molecular flexibility index (Phi) is 3.71. The molecule has 0 aliphatic rings. The van der Waals surface area contributed by atoms with Crippen LogP contribution < -0.4 is 0 Å². The van der Waals surface area contributed by atoms with Crippen molar-refractivity contribution in [2.24, 2.45) is 0 Å². The molecule has 1 heterocycles. The average molecular weight is 289 g/mol. The Labute approximate surface area is 128 Å². The van der Waals surface area contributed by atoms with Crippen molar-refractivity contribution in [2.45, 2.75) is 6.92 Å². The number of carboxylic acids is 1. The van der Waals surface area contributed by atoms with Gasteiger partial charge in [0.2, 0.25) is 0 Å². The van der Waals surface area contributed by atoms with Gasteiger partial charge in [-0.2, -0.15) is 0 Å². The molecule has 3 aromatic rings. The van der Waals surface area contributed by atoms with Gasteiger partial charge in [-0.15, -0.1) is 0 Å². The molecule has 0 aliphatic heterocycles. The summed E-state index contributed by atoms with van der Waals surface area (Å²) in [5, 5.41) is 9.33. The highest BCUT2D eigenvalue weighted by Gasteiger charge is 2.12. The van der Waals surface area contributed by atoms with Gasteiger partial charge >= 0.3 is 5.97 Å². The number of aryl methyl sites for hydroxylation is 1. The van der Waals surface area contributed by atoms with Crippen LogP contribution in [-0.2, 0) is 0 Å². The van der Waals surface area contributed by atoms with E-state index in [9.17, 15) is 9.90 Å². The first kappa shape index (κ1) is 14.0. The first-order valence-corrected chi connectivity index (χ1v) is 7.02. The fraction of sp³-hybridized carbons (Fsp3) is 0.0526. The van der Waals surface area contributed by atoms with Gasteiger partial charge in [0.05, 0.1) is 5.69 Å². The van der Waals surface area contributed by atoms with Crippen LogP contribution in [0.5, 0.6) is 0 Å². The molecule has 108 valence electrons. The van der Waals surface area contributed by atoms with Crippen molar-refractivity contribution in [3.63, 3.8) is 0 Å². The van der Waals surface area contributed by atoms with E-state index in [0.717, 1.165) is 22.3 Å². The zero-order valence-corrected chi connectivity index (χ0v) is 12.2. The van der Waals surface area contributed by atoms with Gasteiger partial charge in [0.1, 0.15) is 5.69 Å². The lowest BCUT2D eigenvalue weighted by Gasteiger charge is -2.09. The molecule has 0 unspecified atom stereocenters. The molecule has 3 heteroatoms. The number of pyridine rings is 1. The van der Waals surface area contributed by atoms with Crippen molar-refractivity contribution < 1.29 is 9.90 Å². The van der Waals surface area contributed by atoms with Crippen LogP contribution in [0.2, 0.25) is 0 Å². The van der Waals surface area contributed by atoms with Crippen LogP contribution in [0.15, 0.2) is 66.7 Å². The van der Waals surface area contributed by atoms with Crippen molar-refractivity contribution in [1.82, 2.24) is 4.98 Å². The lowest BCUT2D eigenvalue weighted by atomic mass is 10.00. The maximum Gasteiger partial charge on any atom is 0.354 e. The summed E-state index contributed by atoms with van der Waals surface area (Å²) in [5.41, 5.74) is 4.57. The number of hydrogen-bond donors (Lipinski definition) is 1. The maximum atomic E-state index is 11.4. The highest BCUT2D eigenvalue weighted by molar-refractivity contribution is 5.88. The Balaban J connectivity index is 2.21. The largest absolute Gasteiger partial charge is 0.477 e. The standard InChI is InChI=1S/C19H15NO2/c1-13-7-5-6-10-16(13)17-11-15(12-18(20-17)19(21)22)14-8-3-2-4-9-14/h2-12H,1H3,(H,21,22). The fourth-order valence-electron chi connectivity index (χ4n) is 2.44. The van der Waals surface area contributed by atoms with Gasteiger partial charge in [0, 0.05) is 5.56 Å². The third kappa shape index (κ3) is 2.74. The van der Waals surface area contributed by atoms with Gasteiger partial charge in [-0.1, -0.05) is 54.6 Å². The van der Waals surface area contributed by atoms with Crippen molar-refractivity contribution in [3.8, 4) is 22.4 Å². The van der Waals surface area contributed by atoms with Crippen molar-refractivity contribution in [1.29, 1.82) is 0 Å². The second-order valence-electron chi connectivity index (χ2n) is 5.11. The number of nitrogens with zero attached hydrogens (tertiary/aromatic N) is 1. The summed E-state index contributed by atoms with van der Waals surface area (Å²) in [6, 6.07) is 21.1. The van der Waals surface area contributed by atoms with Crippen LogP contribution in [0.4, 0.5) is 0 Å². The second-order valence-corrected chi connectivity index (χ2v) is 5.11. The molecule has 0 amide bonds. The summed E-state index contributed by atoms with van der Waals surface area (Å²) in [6.07, 6.45) is 0. The molecular weight excluding hydrogens is 274 g/mol. The van der Waals surface area contributed by atoms with Crippen LogP contribution in [0.25, 0.3) is 22.4 Å². The zero-order chi connectivity index (χ0) is 15.5. The van der Waals surface area contributed by atoms with Gasteiger partial charge in [0.25, 0.3) is 0 Å². The summed E-state index contributed by atoms with van der Waals surface area (Å²) >= 11 is 0. The van der Waals surface area contributed by atoms with Gasteiger partial charge in [-0.25, -0.2) is 9.78 Å². The number of aromatic carboxylic acids is 1. The molecule has 3 rings (SSSR count). The fourth-order valence-corrected chi connectivity index (χ4v) is 2.44. The van der Waals surface area contributed by atoms with Gasteiger partial charge in [0.15, 0.2) is 0 Å². The van der Waals surface area contributed by atoms with E-state index in [1.807, 2.05) is 67.6 Å². The molecule has 1 N–H and O–H groups in total. The number of carbonyl (C=O) groups is 1. The van der Waals surface area contributed by atoms with Crippen LogP contribution >= 0.6 is 0 Å². The lowest BCUT2D eigenvalue weighted by molar-refractivity contribution is 0.0690. The minimum atomic E-state index is -1.02. The van der Waals surface area contributed by atoms with Crippen LogP contribution in [0, 0.1) is 6.92 Å². The Morgan fingerprint density at radius 2 is 1.59 bits per heavy atom. The quantitative estimate of drug-likeness (QED) is 0.776. The van der Waals surface area contributed by atoms with Gasteiger partial charge in [-0.05, 0) is 35.7 Å². The minimum absolute atomic E-state index is 0.0552. The molecule has 0 bridgehead atoms. The van der Waals surface area contributed by atoms with Crippen LogP contribution in [0.3, 0.4) is 0 Å². The summed E-state index contributed by atoms with van der Waals surface area (Å²) in [5.74, 6) is -1.02. The maximum absolute atomic E-state index is 11.4. The molecule has 3 nitrogen and oxygen atoms in total. The van der Waals surface area contributed by atoms with Crippen LogP contribution in [0.1, 0.15) is 16.1 Å². The number of hydrogen-bond acceptors (Lipinski definition) is 2. The number of benzene rings is 2. The molecule has 0 fully saturated rings. The first-order valence-electron chi connectivity index (χ1n) is 7.02. The van der Waals surface area contributed by atoms with E-state index in [1.54, 1.807) is 6.07 Å². The van der Waals surface area contributed by atoms with E-state index >= 15 is 0 Å². The molecule has 0 spiro atoms. The predicted octanol–water partition coefficient (Wildman–Crippen LogP) is 4.42. The summed E-state index contributed by atoms with van der Waals surface area (Å²) in [4.78, 5) is 15.7. The second kappa shape index (κ2) is 5.82. The van der Waals surface area contributed by atoms with Crippen molar-refractivity contribution >= 4 is 5.97 Å². The van der Waals surface area contributed by atoms with Crippen molar-refractivity contribution in [3.05, 3.63) is 78.0 Å². The molecule has 0 atom stereocenters. The van der Waals surface area contributed by atoms with E-state index in [0.29, 0.717) is 5.69 Å². The molecule has 2 aromatic carbocycles. The van der Waals surface area contributed by atoms with E-state index in [4.69, 9.17) is 0 Å². The molecule has 0 saturated heterocycles. The van der Waals surface area contributed by atoms with E-state index in [1.165, 1.54) is 0 Å². The lowest BCUT2D eigenvalue weighted by Crippen LogP contribution is -2.02. The third-order valence-electron chi connectivity index (χ3n) is 3.57. The molecular formula is C19H15NO2. The van der Waals surface area contributed by atoms with Gasteiger partial charge in [-0.3, -0.25) is 0 Å². The molecule has 0 saturated carbocycles. The predicted molar refractivity (Wildman–Crippen MR) is 86.8 cm³/mol. The Morgan fingerprint density at radius 3 is 2.27 bits per heavy atom. The van der Waals surface area contributed by atoms with Gasteiger partial charge < -0.3 is 5.11 Å². The highest BCUT2D eigenvalue weighted by Crippen LogP contribution is 2.27.